The average molecular weight is 515 g/mol. The van der Waals surface area contributed by atoms with Gasteiger partial charge in [-0.25, -0.2) is 5.43 Å². The van der Waals surface area contributed by atoms with Gasteiger partial charge in [0.25, 0.3) is 0 Å². The topological polar surface area (TPSA) is 79.8 Å². The third-order valence-electron chi connectivity index (χ3n) is 4.32. The van der Waals surface area contributed by atoms with Crippen LogP contribution < -0.4 is 15.5 Å². The normalized spacial score (nSPS) is 10.7. The first kappa shape index (κ1) is 23.5. The SMILES string of the molecule is O=C(CCC(=O)Nc1ccccc1Cl)NN=Cc1ccc(OCc2ccccc2)c(Br)c1. The summed E-state index contributed by atoms with van der Waals surface area (Å²) in [6.45, 7) is 0.465. The van der Waals surface area contributed by atoms with Crippen LogP contribution in [0.5, 0.6) is 5.75 Å². The van der Waals surface area contributed by atoms with E-state index in [1.165, 1.54) is 6.21 Å². The van der Waals surface area contributed by atoms with Crippen molar-refractivity contribution in [1.82, 2.24) is 5.43 Å². The van der Waals surface area contributed by atoms with Crippen LogP contribution in [-0.2, 0) is 16.2 Å². The number of hydrogen-bond donors (Lipinski definition) is 2. The highest BCUT2D eigenvalue weighted by Crippen LogP contribution is 2.26. The highest BCUT2D eigenvalue weighted by atomic mass is 79.9. The number of ether oxygens (including phenoxy) is 1. The summed E-state index contributed by atoms with van der Waals surface area (Å²) >= 11 is 9.49. The van der Waals surface area contributed by atoms with Gasteiger partial charge in [0, 0.05) is 12.8 Å². The number of carbonyl (C=O) groups is 2. The molecule has 3 aromatic rings. The molecule has 3 rings (SSSR count). The average Bonchev–Trinajstić information content (AvgIpc) is 2.79. The van der Waals surface area contributed by atoms with Crippen LogP contribution in [-0.4, -0.2) is 18.0 Å². The number of para-hydroxylation sites is 1. The summed E-state index contributed by atoms with van der Waals surface area (Å²) in [7, 11) is 0. The van der Waals surface area contributed by atoms with Gasteiger partial charge in [0.15, 0.2) is 0 Å². The molecule has 2 N–H and O–H groups in total. The van der Waals surface area contributed by atoms with Gasteiger partial charge in [-0.15, -0.1) is 0 Å². The first-order chi connectivity index (χ1) is 15.5. The zero-order valence-electron chi connectivity index (χ0n) is 17.1. The van der Waals surface area contributed by atoms with Gasteiger partial charge >= 0.3 is 0 Å². The number of hydrazone groups is 1. The van der Waals surface area contributed by atoms with Crippen molar-refractivity contribution >= 4 is 51.2 Å². The van der Waals surface area contributed by atoms with E-state index in [1.807, 2.05) is 48.5 Å². The number of anilines is 1. The minimum atomic E-state index is -0.363. The predicted molar refractivity (Wildman–Crippen MR) is 130 cm³/mol. The second-order valence-corrected chi connectivity index (χ2v) is 8.05. The van der Waals surface area contributed by atoms with E-state index < -0.39 is 0 Å². The van der Waals surface area contributed by atoms with E-state index in [0.717, 1.165) is 15.6 Å². The van der Waals surface area contributed by atoms with Gasteiger partial charge < -0.3 is 10.1 Å². The van der Waals surface area contributed by atoms with Gasteiger partial charge in [-0.3, -0.25) is 9.59 Å². The molecule has 0 aromatic heterocycles. The minimum absolute atomic E-state index is 0.00356. The molecule has 6 nitrogen and oxygen atoms in total. The lowest BCUT2D eigenvalue weighted by atomic mass is 10.2. The van der Waals surface area contributed by atoms with E-state index in [9.17, 15) is 9.59 Å². The number of amides is 2. The van der Waals surface area contributed by atoms with Crippen molar-refractivity contribution in [2.75, 3.05) is 5.32 Å². The second-order valence-electron chi connectivity index (χ2n) is 6.79. The van der Waals surface area contributed by atoms with Crippen molar-refractivity contribution in [3.05, 3.63) is 93.4 Å². The van der Waals surface area contributed by atoms with Crippen LogP contribution >= 0.6 is 27.5 Å². The van der Waals surface area contributed by atoms with E-state index in [2.05, 4.69) is 31.8 Å². The van der Waals surface area contributed by atoms with Crippen LogP contribution in [0.25, 0.3) is 0 Å². The van der Waals surface area contributed by atoms with Crippen molar-refractivity contribution in [3.8, 4) is 5.75 Å². The molecule has 8 heteroatoms. The molecule has 0 heterocycles. The first-order valence-electron chi connectivity index (χ1n) is 9.84. The van der Waals surface area contributed by atoms with E-state index in [-0.39, 0.29) is 24.7 Å². The second kappa shape index (κ2) is 12.0. The van der Waals surface area contributed by atoms with Gasteiger partial charge in [0.1, 0.15) is 12.4 Å². The molecule has 0 aliphatic carbocycles. The first-order valence-corrected chi connectivity index (χ1v) is 11.0. The fourth-order valence-electron chi connectivity index (χ4n) is 2.69. The summed E-state index contributed by atoms with van der Waals surface area (Å²) in [4.78, 5) is 23.9. The molecule has 0 unspecified atom stereocenters. The van der Waals surface area contributed by atoms with Crippen molar-refractivity contribution in [2.24, 2.45) is 5.10 Å². The van der Waals surface area contributed by atoms with Crippen LogP contribution in [0, 0.1) is 0 Å². The van der Waals surface area contributed by atoms with Gasteiger partial charge in [-0.2, -0.15) is 5.10 Å². The highest BCUT2D eigenvalue weighted by molar-refractivity contribution is 9.10. The summed E-state index contributed by atoms with van der Waals surface area (Å²) in [5.74, 6) is 0.0456. The van der Waals surface area contributed by atoms with Crippen LogP contribution in [0.3, 0.4) is 0 Å². The summed E-state index contributed by atoms with van der Waals surface area (Å²) in [5, 5.41) is 7.06. The van der Waals surface area contributed by atoms with Gasteiger partial charge in [-0.05, 0) is 57.4 Å². The maximum absolute atomic E-state index is 12.0. The standard InChI is InChI=1S/C24H21BrClN3O3/c25-19-14-18(10-11-22(19)32-16-17-6-2-1-3-7-17)15-27-29-24(31)13-12-23(30)28-21-9-5-4-8-20(21)26/h1-11,14-15H,12-13,16H2,(H,28,30)(H,29,31). The molecule has 0 atom stereocenters. The van der Waals surface area contributed by atoms with E-state index in [4.69, 9.17) is 16.3 Å². The van der Waals surface area contributed by atoms with Crippen LogP contribution in [0.2, 0.25) is 5.02 Å². The Kier molecular flexibility index (Phi) is 8.83. The zero-order chi connectivity index (χ0) is 22.8. The summed E-state index contributed by atoms with van der Waals surface area (Å²) < 4.78 is 6.60. The predicted octanol–water partition coefficient (Wildman–Crippen LogP) is 5.55. The number of rotatable bonds is 9. The quantitative estimate of drug-likeness (QED) is 0.290. The van der Waals surface area contributed by atoms with Gasteiger partial charge in [-0.1, -0.05) is 54.1 Å². The van der Waals surface area contributed by atoms with Crippen molar-refractivity contribution in [2.45, 2.75) is 19.4 Å². The van der Waals surface area contributed by atoms with Crippen LogP contribution in [0.15, 0.2) is 82.4 Å². The maximum atomic E-state index is 12.0. The monoisotopic (exact) mass is 513 g/mol. The Morgan fingerprint density at radius 3 is 2.44 bits per heavy atom. The Balaban J connectivity index is 1.42. The smallest absolute Gasteiger partial charge is 0.240 e. The number of hydrogen-bond acceptors (Lipinski definition) is 4. The number of halogens is 2. The van der Waals surface area contributed by atoms with Crippen LogP contribution in [0.4, 0.5) is 5.69 Å². The fraction of sp³-hybridized carbons (Fsp3) is 0.125. The molecule has 0 aliphatic rings. The Bertz CT molecular complexity index is 1110. The molecule has 164 valence electrons. The molecule has 32 heavy (non-hydrogen) atoms. The fourth-order valence-corrected chi connectivity index (χ4v) is 3.38. The maximum Gasteiger partial charge on any atom is 0.240 e. The molecule has 0 radical (unpaired) electrons. The zero-order valence-corrected chi connectivity index (χ0v) is 19.4. The molecule has 2 amide bonds. The van der Waals surface area contributed by atoms with E-state index in [1.54, 1.807) is 24.3 Å². The lowest BCUT2D eigenvalue weighted by Crippen LogP contribution is -2.20. The molecular formula is C24H21BrClN3O3. The van der Waals surface area contributed by atoms with Crippen molar-refractivity contribution in [1.29, 1.82) is 0 Å². The summed E-state index contributed by atoms with van der Waals surface area (Å²) in [6.07, 6.45) is 1.54. The number of nitrogens with one attached hydrogen (secondary N) is 2. The van der Waals surface area contributed by atoms with Crippen molar-refractivity contribution in [3.63, 3.8) is 0 Å². The Hall–Kier alpha value is -3.16. The summed E-state index contributed by atoms with van der Waals surface area (Å²) in [5.41, 5.74) is 4.79. The largest absolute Gasteiger partial charge is 0.488 e. The molecule has 0 spiro atoms. The van der Waals surface area contributed by atoms with Gasteiger partial charge in [0.2, 0.25) is 11.8 Å². The molecule has 0 aliphatic heterocycles. The number of benzene rings is 3. The summed E-state index contributed by atoms with van der Waals surface area (Å²) in [6, 6.07) is 22.3. The molecule has 0 saturated carbocycles. The Morgan fingerprint density at radius 2 is 1.69 bits per heavy atom. The Labute approximate surface area is 199 Å². The highest BCUT2D eigenvalue weighted by Gasteiger charge is 2.08. The minimum Gasteiger partial charge on any atom is -0.488 e. The molecule has 0 saturated heterocycles. The van der Waals surface area contributed by atoms with Gasteiger partial charge in [0.05, 0.1) is 21.4 Å². The molecule has 0 fully saturated rings. The van der Waals surface area contributed by atoms with Crippen molar-refractivity contribution < 1.29 is 14.3 Å². The lowest BCUT2D eigenvalue weighted by Gasteiger charge is -2.09. The number of nitrogens with zero attached hydrogens (tertiary/aromatic N) is 1. The molecule has 0 bridgehead atoms. The Morgan fingerprint density at radius 1 is 0.969 bits per heavy atom. The van der Waals surface area contributed by atoms with Crippen LogP contribution in [0.1, 0.15) is 24.0 Å². The van der Waals surface area contributed by atoms with E-state index in [0.29, 0.717) is 23.1 Å². The third kappa shape index (κ3) is 7.51. The van der Waals surface area contributed by atoms with E-state index >= 15 is 0 Å². The third-order valence-corrected chi connectivity index (χ3v) is 5.27. The molecule has 3 aromatic carbocycles. The lowest BCUT2D eigenvalue weighted by molar-refractivity contribution is -0.124. The number of carbonyl (C=O) groups excluding carboxylic acids is 2. The molecular weight excluding hydrogens is 494 g/mol.